The van der Waals surface area contributed by atoms with Crippen molar-refractivity contribution in [3.05, 3.63) is 84.4 Å². The van der Waals surface area contributed by atoms with Crippen LogP contribution in [-0.4, -0.2) is 64.5 Å². The molecule has 2 N–H and O–H groups in total. The minimum Gasteiger partial charge on any atom is -0.444 e. The van der Waals surface area contributed by atoms with E-state index in [1.54, 1.807) is 26.8 Å². The highest BCUT2D eigenvalue weighted by molar-refractivity contribution is 5.74. The molecule has 0 spiro atoms. The lowest BCUT2D eigenvalue weighted by Gasteiger charge is -2.38. The molecule has 3 rings (SSSR count). The zero-order chi connectivity index (χ0) is 27.7. The predicted molar refractivity (Wildman–Crippen MR) is 145 cm³/mol. The summed E-state index contributed by atoms with van der Waals surface area (Å²) in [6.45, 7) is 11.0. The van der Waals surface area contributed by atoms with Gasteiger partial charge in [-0.2, -0.15) is 0 Å². The molecular weight excluding hydrogens is 484 g/mol. The molecule has 8 nitrogen and oxygen atoms in total. The number of ether oxygens (including phenoxy) is 3. The number of likely N-dealkylation sites (tertiary alicyclic amines) is 1. The van der Waals surface area contributed by atoms with Crippen LogP contribution < -0.4 is 5.32 Å². The second-order valence-corrected chi connectivity index (χ2v) is 10.5. The Labute approximate surface area is 225 Å². The molecule has 206 valence electrons. The van der Waals surface area contributed by atoms with Crippen molar-refractivity contribution in [2.24, 2.45) is 0 Å². The highest BCUT2D eigenvalue weighted by atomic mass is 16.6. The van der Waals surface area contributed by atoms with E-state index in [1.165, 1.54) is 11.8 Å². The fraction of sp³-hybridized carbons (Fsp3) is 0.467. The van der Waals surface area contributed by atoms with Gasteiger partial charge in [0.1, 0.15) is 23.9 Å². The Balaban J connectivity index is 2.02. The summed E-state index contributed by atoms with van der Waals surface area (Å²) in [6, 6.07) is 17.9. The van der Waals surface area contributed by atoms with Gasteiger partial charge in [0.15, 0.2) is 0 Å². The molecule has 0 saturated carbocycles. The molecule has 1 heterocycles. The lowest BCUT2D eigenvalue weighted by Crippen LogP contribution is -2.59. The van der Waals surface area contributed by atoms with Crippen molar-refractivity contribution in [3.63, 3.8) is 0 Å². The maximum absolute atomic E-state index is 13.4. The van der Waals surface area contributed by atoms with E-state index in [0.29, 0.717) is 6.42 Å². The van der Waals surface area contributed by atoms with Crippen LogP contribution in [-0.2, 0) is 32.2 Å². The number of carbonyl (C=O) groups is 2. The molecule has 38 heavy (non-hydrogen) atoms. The zero-order valence-electron chi connectivity index (χ0n) is 22.7. The quantitative estimate of drug-likeness (QED) is 0.477. The van der Waals surface area contributed by atoms with Gasteiger partial charge in [0.2, 0.25) is 5.91 Å². The number of β-amino-alcohol motifs (C(OH)–C–C–N with tert-alkyl or cyclic N) is 1. The van der Waals surface area contributed by atoms with Crippen LogP contribution in [0.3, 0.4) is 0 Å². The van der Waals surface area contributed by atoms with Gasteiger partial charge >= 0.3 is 6.09 Å². The summed E-state index contributed by atoms with van der Waals surface area (Å²) < 4.78 is 18.4. The molecule has 0 aromatic heterocycles. The van der Waals surface area contributed by atoms with Gasteiger partial charge in [0.05, 0.1) is 31.8 Å². The van der Waals surface area contributed by atoms with Crippen LogP contribution >= 0.6 is 0 Å². The number of rotatable bonds is 9. The Hall–Kier alpha value is -3.20. The monoisotopic (exact) mass is 524 g/mol. The molecular formula is C30H40N2O6. The number of nitrogens with zero attached hydrogens (tertiary/aromatic N) is 1. The molecule has 8 heteroatoms. The van der Waals surface area contributed by atoms with Crippen LogP contribution in [0.5, 0.6) is 0 Å². The van der Waals surface area contributed by atoms with Gasteiger partial charge in [-0.25, -0.2) is 4.79 Å². The van der Waals surface area contributed by atoms with Gasteiger partial charge in [0, 0.05) is 6.92 Å². The lowest BCUT2D eigenvalue weighted by molar-refractivity contribution is -0.141. The molecule has 1 saturated heterocycles. The smallest absolute Gasteiger partial charge is 0.410 e. The molecule has 1 aliphatic rings. The maximum Gasteiger partial charge on any atom is 0.410 e. The Morgan fingerprint density at radius 3 is 2.00 bits per heavy atom. The third-order valence-electron chi connectivity index (χ3n) is 6.23. The SMILES string of the molecule is C=CC[C@H]1[C@H](NC(C)=O)[C@@H](OCc2ccccc2)[C@H](OCc2ccccc2)[C@@H](O)CN1C(=O)OC(C)(C)C. The van der Waals surface area contributed by atoms with Gasteiger partial charge in [-0.15, -0.1) is 6.58 Å². The summed E-state index contributed by atoms with van der Waals surface area (Å²) in [6.07, 6.45) is -1.32. The molecule has 5 atom stereocenters. The van der Waals surface area contributed by atoms with Crippen molar-refractivity contribution >= 4 is 12.0 Å². The van der Waals surface area contributed by atoms with Gasteiger partial charge in [-0.05, 0) is 38.3 Å². The minimum atomic E-state index is -1.11. The van der Waals surface area contributed by atoms with E-state index >= 15 is 0 Å². The van der Waals surface area contributed by atoms with Crippen molar-refractivity contribution in [2.45, 2.75) is 83.3 Å². The van der Waals surface area contributed by atoms with Gasteiger partial charge < -0.3 is 29.5 Å². The summed E-state index contributed by atoms with van der Waals surface area (Å²) in [5.41, 5.74) is 1.11. The highest BCUT2D eigenvalue weighted by Crippen LogP contribution is 2.29. The van der Waals surface area contributed by atoms with Gasteiger partial charge in [0.25, 0.3) is 0 Å². The number of benzene rings is 2. The van der Waals surface area contributed by atoms with E-state index in [2.05, 4.69) is 11.9 Å². The number of amides is 2. The fourth-order valence-corrected chi connectivity index (χ4v) is 4.60. The lowest BCUT2D eigenvalue weighted by atomic mass is 9.94. The van der Waals surface area contributed by atoms with Crippen molar-refractivity contribution in [1.29, 1.82) is 0 Å². The molecule has 2 amide bonds. The van der Waals surface area contributed by atoms with Gasteiger partial charge in [-0.1, -0.05) is 66.7 Å². The summed E-state index contributed by atoms with van der Waals surface area (Å²) in [5.74, 6) is -0.292. The van der Waals surface area contributed by atoms with Crippen molar-refractivity contribution < 1.29 is 28.9 Å². The molecule has 2 aromatic carbocycles. The third-order valence-corrected chi connectivity index (χ3v) is 6.23. The first-order valence-corrected chi connectivity index (χ1v) is 13.0. The Morgan fingerprint density at radius 1 is 1.00 bits per heavy atom. The molecule has 0 unspecified atom stereocenters. The number of hydrogen-bond acceptors (Lipinski definition) is 6. The fourth-order valence-electron chi connectivity index (χ4n) is 4.60. The summed E-state index contributed by atoms with van der Waals surface area (Å²) in [5, 5.41) is 14.4. The second kappa shape index (κ2) is 13.6. The van der Waals surface area contributed by atoms with Crippen molar-refractivity contribution in [1.82, 2.24) is 10.2 Å². The molecule has 0 bridgehead atoms. The number of hydrogen-bond donors (Lipinski definition) is 2. The van der Waals surface area contributed by atoms with Crippen LogP contribution in [0.4, 0.5) is 4.79 Å². The number of carbonyl (C=O) groups excluding carboxylic acids is 2. The van der Waals surface area contributed by atoms with E-state index in [9.17, 15) is 14.7 Å². The minimum absolute atomic E-state index is 0.0614. The third kappa shape index (κ3) is 8.41. The first-order valence-electron chi connectivity index (χ1n) is 13.0. The summed E-state index contributed by atoms with van der Waals surface area (Å²) >= 11 is 0. The Morgan fingerprint density at radius 2 is 1.53 bits per heavy atom. The number of aliphatic hydroxyl groups is 1. The topological polar surface area (TPSA) is 97.3 Å². The van der Waals surface area contributed by atoms with E-state index in [4.69, 9.17) is 14.2 Å². The van der Waals surface area contributed by atoms with Crippen LogP contribution in [0.25, 0.3) is 0 Å². The summed E-state index contributed by atoms with van der Waals surface area (Å²) in [7, 11) is 0. The normalized spacial score (nSPS) is 23.8. The molecule has 1 aliphatic heterocycles. The molecule has 0 aliphatic carbocycles. The number of nitrogens with one attached hydrogen (secondary N) is 1. The van der Waals surface area contributed by atoms with E-state index in [1.807, 2.05) is 60.7 Å². The zero-order valence-corrected chi connectivity index (χ0v) is 22.7. The average molecular weight is 525 g/mol. The molecule has 1 fully saturated rings. The second-order valence-electron chi connectivity index (χ2n) is 10.5. The van der Waals surface area contributed by atoms with E-state index in [0.717, 1.165) is 11.1 Å². The van der Waals surface area contributed by atoms with Crippen LogP contribution in [0, 0.1) is 0 Å². The average Bonchev–Trinajstić information content (AvgIpc) is 2.96. The largest absolute Gasteiger partial charge is 0.444 e. The summed E-state index contributed by atoms with van der Waals surface area (Å²) in [4.78, 5) is 27.3. The first kappa shape index (κ1) is 29.4. The maximum atomic E-state index is 13.4. The predicted octanol–water partition coefficient (Wildman–Crippen LogP) is 4.22. The van der Waals surface area contributed by atoms with Crippen LogP contribution in [0.2, 0.25) is 0 Å². The standard InChI is InChI=1S/C30H40N2O6/c1-6-13-24-26(31-21(2)33)28(37-20-23-16-11-8-12-17-23)27(36-19-22-14-9-7-10-15-22)25(34)18-32(24)29(35)38-30(3,4)5/h6-12,14-17,24-28,34H,1,13,18-20H2,2-5H3,(H,31,33)/t24-,25-,26-,27+,28+/m0/s1. The van der Waals surface area contributed by atoms with Crippen molar-refractivity contribution in [3.8, 4) is 0 Å². The van der Waals surface area contributed by atoms with Gasteiger partial charge in [-0.3, -0.25) is 4.79 Å². The van der Waals surface area contributed by atoms with E-state index < -0.39 is 42.1 Å². The number of aliphatic hydroxyl groups excluding tert-OH is 1. The van der Waals surface area contributed by atoms with Crippen LogP contribution in [0.1, 0.15) is 45.2 Å². The molecule has 0 radical (unpaired) electrons. The Kier molecular flexibility index (Phi) is 10.5. The van der Waals surface area contributed by atoms with E-state index in [-0.39, 0.29) is 25.7 Å². The van der Waals surface area contributed by atoms with Crippen molar-refractivity contribution in [2.75, 3.05) is 6.54 Å². The first-order chi connectivity index (χ1) is 18.1. The molecule has 2 aromatic rings. The van der Waals surface area contributed by atoms with Crippen LogP contribution in [0.15, 0.2) is 73.3 Å². The highest BCUT2D eigenvalue weighted by Gasteiger charge is 2.48. The Bertz CT molecular complexity index is 1040.